The summed E-state index contributed by atoms with van der Waals surface area (Å²) in [5.74, 6) is 0.0325. The molecule has 0 aromatic heterocycles. The van der Waals surface area contributed by atoms with Gasteiger partial charge in [0, 0.05) is 0 Å². The summed E-state index contributed by atoms with van der Waals surface area (Å²) in [5.41, 5.74) is 1.73. The van der Waals surface area contributed by atoms with Crippen LogP contribution in [0.15, 0.2) is 53.4 Å². The molecule has 1 atom stereocenters. The van der Waals surface area contributed by atoms with Crippen molar-refractivity contribution in [3.05, 3.63) is 59.7 Å². The van der Waals surface area contributed by atoms with Crippen molar-refractivity contribution >= 4 is 16.0 Å². The summed E-state index contributed by atoms with van der Waals surface area (Å²) in [4.78, 5) is 12.1. The Kier molecular flexibility index (Phi) is 6.17. The van der Waals surface area contributed by atoms with Crippen molar-refractivity contribution < 1.29 is 22.7 Å². The number of nitrogens with one attached hydrogen (secondary N) is 1. The first-order chi connectivity index (χ1) is 11.9. The van der Waals surface area contributed by atoms with Crippen LogP contribution in [-0.2, 0) is 26.0 Å². The number of sulfonamides is 1. The largest absolute Gasteiger partial charge is 0.497 e. The average molecular weight is 363 g/mol. The number of methoxy groups -OCH3 is 2. The third-order valence-electron chi connectivity index (χ3n) is 3.71. The minimum atomic E-state index is -3.84. The molecule has 6 nitrogen and oxygen atoms in total. The molecule has 0 aliphatic heterocycles. The second-order valence-electron chi connectivity index (χ2n) is 5.56. The lowest BCUT2D eigenvalue weighted by Gasteiger charge is -2.17. The molecule has 0 fully saturated rings. The van der Waals surface area contributed by atoms with E-state index in [0.717, 1.165) is 11.1 Å². The molecule has 2 aromatic rings. The number of rotatable bonds is 7. The van der Waals surface area contributed by atoms with E-state index < -0.39 is 22.0 Å². The van der Waals surface area contributed by atoms with Crippen LogP contribution in [0, 0.1) is 6.92 Å². The molecule has 0 unspecified atom stereocenters. The first-order valence-electron chi connectivity index (χ1n) is 7.65. The van der Waals surface area contributed by atoms with E-state index in [1.54, 1.807) is 43.5 Å². The molecule has 25 heavy (non-hydrogen) atoms. The van der Waals surface area contributed by atoms with Crippen molar-refractivity contribution in [2.45, 2.75) is 24.3 Å². The zero-order chi connectivity index (χ0) is 18.4. The fourth-order valence-corrected chi connectivity index (χ4v) is 3.47. The summed E-state index contributed by atoms with van der Waals surface area (Å²) in [5, 5.41) is 0. The summed E-state index contributed by atoms with van der Waals surface area (Å²) in [6, 6.07) is 12.4. The molecule has 0 bridgehead atoms. The van der Waals surface area contributed by atoms with Gasteiger partial charge in [-0.15, -0.1) is 0 Å². The Morgan fingerprint density at radius 1 is 1.04 bits per heavy atom. The maximum absolute atomic E-state index is 12.5. The van der Waals surface area contributed by atoms with Gasteiger partial charge in [-0.05, 0) is 43.2 Å². The van der Waals surface area contributed by atoms with Crippen molar-refractivity contribution in [2.75, 3.05) is 14.2 Å². The molecule has 0 saturated heterocycles. The van der Waals surface area contributed by atoms with Gasteiger partial charge in [0.1, 0.15) is 11.8 Å². The van der Waals surface area contributed by atoms with E-state index in [2.05, 4.69) is 4.72 Å². The molecule has 134 valence electrons. The fraction of sp³-hybridized carbons (Fsp3) is 0.278. The maximum atomic E-state index is 12.5. The molecule has 7 heteroatoms. The van der Waals surface area contributed by atoms with Crippen molar-refractivity contribution in [3.63, 3.8) is 0 Å². The van der Waals surface area contributed by atoms with E-state index in [1.807, 2.05) is 6.92 Å². The Labute approximate surface area is 147 Å². The first kappa shape index (κ1) is 19.0. The molecule has 0 aliphatic rings. The van der Waals surface area contributed by atoms with E-state index in [9.17, 15) is 13.2 Å². The van der Waals surface area contributed by atoms with Gasteiger partial charge in [-0.25, -0.2) is 8.42 Å². The zero-order valence-corrected chi connectivity index (χ0v) is 15.2. The molecule has 0 aliphatic carbocycles. The van der Waals surface area contributed by atoms with Crippen LogP contribution in [0.2, 0.25) is 0 Å². The van der Waals surface area contributed by atoms with E-state index in [0.29, 0.717) is 5.75 Å². The normalized spacial score (nSPS) is 12.4. The highest BCUT2D eigenvalue weighted by atomic mass is 32.2. The van der Waals surface area contributed by atoms with Crippen LogP contribution < -0.4 is 9.46 Å². The number of hydrogen-bond donors (Lipinski definition) is 1. The summed E-state index contributed by atoms with van der Waals surface area (Å²) < 4.78 is 37.3. The molecule has 0 saturated carbocycles. The van der Waals surface area contributed by atoms with Crippen LogP contribution in [0.25, 0.3) is 0 Å². The van der Waals surface area contributed by atoms with Crippen molar-refractivity contribution in [1.82, 2.24) is 4.72 Å². The van der Waals surface area contributed by atoms with Crippen LogP contribution in [0.4, 0.5) is 0 Å². The second kappa shape index (κ2) is 8.13. The van der Waals surface area contributed by atoms with E-state index >= 15 is 0 Å². The van der Waals surface area contributed by atoms with Crippen molar-refractivity contribution in [1.29, 1.82) is 0 Å². The van der Waals surface area contributed by atoms with Gasteiger partial charge < -0.3 is 9.47 Å². The number of carbonyl (C=O) groups excluding carboxylic acids is 1. The van der Waals surface area contributed by atoms with Gasteiger partial charge in [-0.2, -0.15) is 4.72 Å². The predicted molar refractivity (Wildman–Crippen MR) is 94.0 cm³/mol. The van der Waals surface area contributed by atoms with Gasteiger partial charge in [0.15, 0.2) is 0 Å². The maximum Gasteiger partial charge on any atom is 0.324 e. The number of aryl methyl sites for hydroxylation is 1. The molecule has 0 spiro atoms. The van der Waals surface area contributed by atoms with Gasteiger partial charge in [-0.1, -0.05) is 29.8 Å². The van der Waals surface area contributed by atoms with Crippen LogP contribution >= 0.6 is 0 Å². The van der Waals surface area contributed by atoms with Gasteiger partial charge in [0.2, 0.25) is 10.0 Å². The lowest BCUT2D eigenvalue weighted by molar-refractivity contribution is -0.142. The third-order valence-corrected chi connectivity index (χ3v) is 5.20. The van der Waals surface area contributed by atoms with Crippen LogP contribution in [0.3, 0.4) is 0 Å². The number of hydrogen-bond acceptors (Lipinski definition) is 5. The number of esters is 1. The Balaban J connectivity index is 2.21. The van der Waals surface area contributed by atoms with Crippen LogP contribution in [0.5, 0.6) is 5.75 Å². The summed E-state index contributed by atoms with van der Waals surface area (Å²) in [7, 11) is -1.06. The molecular formula is C18H21NO5S. The Hall–Kier alpha value is -2.38. The van der Waals surface area contributed by atoms with Crippen molar-refractivity contribution in [2.24, 2.45) is 0 Å². The lowest BCUT2D eigenvalue weighted by Crippen LogP contribution is -2.42. The Bertz CT molecular complexity index is 814. The molecule has 0 heterocycles. The third kappa shape index (κ3) is 5.04. The predicted octanol–water partition coefficient (Wildman–Crippen LogP) is 2.07. The SMILES string of the molecule is COC(=O)[C@H](Cc1ccc(OC)cc1)NS(=O)(=O)c1ccc(C)cc1. The fourth-order valence-electron chi connectivity index (χ4n) is 2.29. The second-order valence-corrected chi connectivity index (χ2v) is 7.28. The minimum Gasteiger partial charge on any atom is -0.497 e. The van der Waals surface area contributed by atoms with Crippen LogP contribution in [-0.4, -0.2) is 34.6 Å². The van der Waals surface area contributed by atoms with Gasteiger partial charge in [-0.3, -0.25) is 4.79 Å². The summed E-state index contributed by atoms with van der Waals surface area (Å²) >= 11 is 0. The number of carbonyl (C=O) groups is 1. The van der Waals surface area contributed by atoms with E-state index in [1.165, 1.54) is 19.2 Å². The highest BCUT2D eigenvalue weighted by Crippen LogP contribution is 2.15. The average Bonchev–Trinajstić information content (AvgIpc) is 2.61. The smallest absolute Gasteiger partial charge is 0.324 e. The summed E-state index contributed by atoms with van der Waals surface area (Å²) in [6.45, 7) is 1.87. The van der Waals surface area contributed by atoms with E-state index in [-0.39, 0.29) is 11.3 Å². The molecule has 1 N–H and O–H groups in total. The molecular weight excluding hydrogens is 342 g/mol. The van der Waals surface area contributed by atoms with E-state index in [4.69, 9.17) is 9.47 Å². The molecule has 2 rings (SSSR count). The first-order valence-corrected chi connectivity index (χ1v) is 9.14. The molecule has 0 amide bonds. The quantitative estimate of drug-likeness (QED) is 0.762. The van der Waals surface area contributed by atoms with Crippen molar-refractivity contribution in [3.8, 4) is 5.75 Å². The molecule has 2 aromatic carbocycles. The standard InChI is InChI=1S/C18H21NO5S/c1-13-4-10-16(11-5-13)25(21,22)19-17(18(20)24-3)12-14-6-8-15(23-2)9-7-14/h4-11,17,19H,12H2,1-3H3/t17-/m0/s1. The monoisotopic (exact) mass is 363 g/mol. The van der Waals surface area contributed by atoms with Gasteiger partial charge in [0.05, 0.1) is 19.1 Å². The summed E-state index contributed by atoms with van der Waals surface area (Å²) in [6.07, 6.45) is 0.168. The topological polar surface area (TPSA) is 81.7 Å². The zero-order valence-electron chi connectivity index (χ0n) is 14.4. The number of benzene rings is 2. The lowest BCUT2D eigenvalue weighted by atomic mass is 10.1. The highest BCUT2D eigenvalue weighted by molar-refractivity contribution is 7.89. The minimum absolute atomic E-state index is 0.0988. The number of ether oxygens (including phenoxy) is 2. The van der Waals surface area contributed by atoms with Crippen LogP contribution in [0.1, 0.15) is 11.1 Å². The molecule has 0 radical (unpaired) electrons. The van der Waals surface area contributed by atoms with Gasteiger partial charge >= 0.3 is 5.97 Å². The highest BCUT2D eigenvalue weighted by Gasteiger charge is 2.26. The Morgan fingerprint density at radius 3 is 2.16 bits per heavy atom. The van der Waals surface area contributed by atoms with Gasteiger partial charge in [0.25, 0.3) is 0 Å². The Morgan fingerprint density at radius 2 is 1.64 bits per heavy atom.